The van der Waals surface area contributed by atoms with Crippen molar-refractivity contribution in [3.63, 3.8) is 0 Å². The van der Waals surface area contributed by atoms with E-state index in [1.54, 1.807) is 12.3 Å². The number of nitrogens with zero attached hydrogens (tertiary/aromatic N) is 4. The highest BCUT2D eigenvalue weighted by Crippen LogP contribution is 2.34. The van der Waals surface area contributed by atoms with Crippen LogP contribution in [-0.2, 0) is 6.54 Å². The highest BCUT2D eigenvalue weighted by molar-refractivity contribution is 7.22. The number of fused-ring (bicyclic) bond motifs is 1. The maximum Gasteiger partial charge on any atom is 0.299 e. The van der Waals surface area contributed by atoms with Crippen molar-refractivity contribution in [1.29, 1.82) is 0 Å². The minimum atomic E-state index is -0.335. The summed E-state index contributed by atoms with van der Waals surface area (Å²) in [5, 5.41) is 4.68. The lowest BCUT2D eigenvalue weighted by atomic mass is 10.3. The lowest BCUT2D eigenvalue weighted by molar-refractivity contribution is 0.0949. The number of aromatic nitrogens is 3. The second-order valence-electron chi connectivity index (χ2n) is 5.17. The summed E-state index contributed by atoms with van der Waals surface area (Å²) in [6, 6.07) is 12.6. The number of halogens is 1. The Hall–Kier alpha value is -2.77. The van der Waals surface area contributed by atoms with Crippen LogP contribution in [0.3, 0.4) is 0 Å². The Balaban J connectivity index is 1.78. The van der Waals surface area contributed by atoms with E-state index in [4.69, 9.17) is 16.1 Å². The van der Waals surface area contributed by atoms with E-state index in [0.717, 1.165) is 10.4 Å². The van der Waals surface area contributed by atoms with E-state index in [1.165, 1.54) is 28.5 Å². The van der Waals surface area contributed by atoms with E-state index in [-0.39, 0.29) is 18.2 Å². The van der Waals surface area contributed by atoms with E-state index in [1.807, 2.05) is 30.3 Å². The number of anilines is 1. The first-order valence-electron chi connectivity index (χ1n) is 7.40. The molecule has 0 aliphatic carbocycles. The third-order valence-corrected chi connectivity index (χ3v) is 4.88. The first-order valence-corrected chi connectivity index (χ1v) is 8.59. The fourth-order valence-electron chi connectivity index (χ4n) is 2.36. The first-order chi connectivity index (χ1) is 12.2. The van der Waals surface area contributed by atoms with Gasteiger partial charge in [-0.25, -0.2) is 4.98 Å². The van der Waals surface area contributed by atoms with Gasteiger partial charge in [-0.3, -0.25) is 14.7 Å². The molecule has 0 spiro atoms. The van der Waals surface area contributed by atoms with Crippen LogP contribution in [0.4, 0.5) is 5.13 Å². The first kappa shape index (κ1) is 15.7. The number of hydrogen-bond acceptors (Lipinski definition) is 6. The molecule has 3 heterocycles. The molecule has 0 atom stereocenters. The van der Waals surface area contributed by atoms with Gasteiger partial charge in [0, 0.05) is 12.3 Å². The summed E-state index contributed by atoms with van der Waals surface area (Å²) < 4.78 is 5.92. The van der Waals surface area contributed by atoms with Gasteiger partial charge in [0.05, 0.1) is 28.2 Å². The fraction of sp³-hybridized carbons (Fsp3) is 0.0588. The van der Waals surface area contributed by atoms with Gasteiger partial charge in [-0.1, -0.05) is 40.2 Å². The predicted molar refractivity (Wildman–Crippen MR) is 95.9 cm³/mol. The zero-order valence-corrected chi connectivity index (χ0v) is 14.4. The summed E-state index contributed by atoms with van der Waals surface area (Å²) in [4.78, 5) is 23.2. The molecule has 6 nitrogen and oxygen atoms in total. The van der Waals surface area contributed by atoms with E-state index < -0.39 is 0 Å². The summed E-state index contributed by atoms with van der Waals surface area (Å²) >= 11 is 7.60. The molecule has 4 aromatic rings. The van der Waals surface area contributed by atoms with Gasteiger partial charge in [-0.15, -0.1) is 0 Å². The third-order valence-electron chi connectivity index (χ3n) is 3.53. The molecule has 0 bridgehead atoms. The largest absolute Gasteiger partial charge is 0.351 e. The Bertz CT molecular complexity index is 1020. The van der Waals surface area contributed by atoms with Crippen molar-refractivity contribution in [3.8, 4) is 0 Å². The van der Waals surface area contributed by atoms with Crippen LogP contribution in [0.15, 0.2) is 59.4 Å². The average molecular weight is 371 g/mol. The van der Waals surface area contributed by atoms with Crippen LogP contribution in [0.1, 0.15) is 16.2 Å². The van der Waals surface area contributed by atoms with Crippen LogP contribution < -0.4 is 4.90 Å². The van der Waals surface area contributed by atoms with Gasteiger partial charge < -0.3 is 4.52 Å². The summed E-state index contributed by atoms with van der Waals surface area (Å²) in [7, 11) is 0. The zero-order valence-electron chi connectivity index (χ0n) is 12.8. The molecule has 0 radical (unpaired) electrons. The standard InChI is InChI=1S/C17H11ClN4O2S/c18-12-5-3-6-14-15(12)21-17(25-14)22(10-11-4-1-2-8-19-11)16(23)13-7-9-20-24-13/h1-9H,10H2. The smallest absolute Gasteiger partial charge is 0.299 e. The maximum absolute atomic E-state index is 12.9. The molecule has 0 saturated heterocycles. The second-order valence-corrected chi connectivity index (χ2v) is 6.59. The van der Waals surface area contributed by atoms with E-state index in [9.17, 15) is 4.79 Å². The van der Waals surface area contributed by atoms with Crippen LogP contribution in [0.25, 0.3) is 10.2 Å². The molecule has 8 heteroatoms. The Kier molecular flexibility index (Phi) is 4.17. The molecule has 0 aliphatic heterocycles. The average Bonchev–Trinajstić information content (AvgIpc) is 3.30. The molecule has 1 aromatic carbocycles. The molecule has 124 valence electrons. The van der Waals surface area contributed by atoms with Crippen molar-refractivity contribution < 1.29 is 9.32 Å². The van der Waals surface area contributed by atoms with Gasteiger partial charge in [0.2, 0.25) is 5.76 Å². The van der Waals surface area contributed by atoms with Gasteiger partial charge >= 0.3 is 0 Å². The van der Waals surface area contributed by atoms with Crippen molar-refractivity contribution in [2.45, 2.75) is 6.54 Å². The number of hydrogen-bond donors (Lipinski definition) is 0. The monoisotopic (exact) mass is 370 g/mol. The minimum absolute atomic E-state index is 0.140. The van der Waals surface area contributed by atoms with Crippen LogP contribution in [-0.4, -0.2) is 21.0 Å². The minimum Gasteiger partial charge on any atom is -0.351 e. The number of carbonyl (C=O) groups excluding carboxylic acids is 1. The van der Waals surface area contributed by atoms with Crippen molar-refractivity contribution in [2.75, 3.05) is 4.90 Å². The predicted octanol–water partition coefficient (Wildman–Crippen LogP) is 4.18. The molecular weight excluding hydrogens is 360 g/mol. The molecule has 3 aromatic heterocycles. The highest BCUT2D eigenvalue weighted by Gasteiger charge is 2.25. The Morgan fingerprint density at radius 3 is 2.80 bits per heavy atom. The highest BCUT2D eigenvalue weighted by atomic mass is 35.5. The van der Waals surface area contributed by atoms with Gasteiger partial charge in [0.15, 0.2) is 5.13 Å². The van der Waals surface area contributed by atoms with Gasteiger partial charge in [-0.05, 0) is 24.3 Å². The topological polar surface area (TPSA) is 72.1 Å². The van der Waals surface area contributed by atoms with Gasteiger partial charge in [0.25, 0.3) is 5.91 Å². The maximum atomic E-state index is 12.9. The van der Waals surface area contributed by atoms with Crippen molar-refractivity contribution in [2.24, 2.45) is 0 Å². The number of amides is 1. The SMILES string of the molecule is O=C(c1ccno1)N(Cc1ccccn1)c1nc2c(Cl)cccc2s1. The summed E-state index contributed by atoms with van der Waals surface area (Å²) in [6.07, 6.45) is 3.11. The summed E-state index contributed by atoms with van der Waals surface area (Å²) in [5.41, 5.74) is 1.40. The van der Waals surface area contributed by atoms with Crippen molar-refractivity contribution in [3.05, 3.63) is 71.3 Å². The Morgan fingerprint density at radius 2 is 2.08 bits per heavy atom. The Labute approximate surface area is 151 Å². The Morgan fingerprint density at radius 1 is 1.16 bits per heavy atom. The number of carbonyl (C=O) groups is 1. The third kappa shape index (κ3) is 3.11. The number of benzene rings is 1. The van der Waals surface area contributed by atoms with Crippen LogP contribution in [0.2, 0.25) is 5.02 Å². The number of rotatable bonds is 4. The molecule has 0 saturated carbocycles. The molecule has 25 heavy (non-hydrogen) atoms. The normalized spacial score (nSPS) is 10.9. The quantitative estimate of drug-likeness (QED) is 0.538. The number of pyridine rings is 1. The molecule has 0 unspecified atom stereocenters. The second kappa shape index (κ2) is 6.62. The molecule has 0 fully saturated rings. The number of para-hydroxylation sites is 1. The van der Waals surface area contributed by atoms with Crippen LogP contribution >= 0.6 is 22.9 Å². The lowest BCUT2D eigenvalue weighted by Crippen LogP contribution is -2.30. The van der Waals surface area contributed by atoms with Crippen molar-refractivity contribution in [1.82, 2.24) is 15.1 Å². The lowest BCUT2D eigenvalue weighted by Gasteiger charge is -2.17. The molecule has 0 aliphatic rings. The van der Waals surface area contributed by atoms with Crippen LogP contribution in [0, 0.1) is 0 Å². The van der Waals surface area contributed by atoms with Gasteiger partial charge in [-0.2, -0.15) is 0 Å². The number of thiazole rings is 1. The van der Waals surface area contributed by atoms with E-state index in [2.05, 4.69) is 15.1 Å². The summed E-state index contributed by atoms with van der Waals surface area (Å²) in [6.45, 7) is 0.262. The molecule has 1 amide bonds. The fourth-order valence-corrected chi connectivity index (χ4v) is 3.62. The molecule has 4 rings (SSSR count). The van der Waals surface area contributed by atoms with Crippen LogP contribution in [0.5, 0.6) is 0 Å². The van der Waals surface area contributed by atoms with Crippen molar-refractivity contribution >= 4 is 44.2 Å². The zero-order chi connectivity index (χ0) is 17.2. The van der Waals surface area contributed by atoms with E-state index in [0.29, 0.717) is 15.7 Å². The van der Waals surface area contributed by atoms with E-state index >= 15 is 0 Å². The molecule has 0 N–H and O–H groups in total. The van der Waals surface area contributed by atoms with Gasteiger partial charge in [0.1, 0.15) is 5.52 Å². The molecular formula is C17H11ClN4O2S. The summed E-state index contributed by atoms with van der Waals surface area (Å²) in [5.74, 6) is -0.195.